The number of aromatic amines is 1. The van der Waals surface area contributed by atoms with Crippen molar-refractivity contribution in [2.24, 2.45) is 0 Å². The normalized spacial score (nSPS) is 23.8. The van der Waals surface area contributed by atoms with Crippen molar-refractivity contribution in [1.29, 1.82) is 0 Å². The minimum Gasteiger partial charge on any atom is -0.379 e. The van der Waals surface area contributed by atoms with Crippen LogP contribution >= 0.6 is 0 Å². The summed E-state index contributed by atoms with van der Waals surface area (Å²) in [5.74, 6) is 1.40. The fourth-order valence-electron chi connectivity index (χ4n) is 7.16. The lowest BCUT2D eigenvalue weighted by atomic mass is 9.90. The van der Waals surface area contributed by atoms with Crippen LogP contribution in [0.15, 0.2) is 24.7 Å². The zero-order valence-corrected chi connectivity index (χ0v) is 23.5. The summed E-state index contributed by atoms with van der Waals surface area (Å²) in [7, 11) is 2.16. The number of likely N-dealkylation sites (tertiary alicyclic amines) is 1. The van der Waals surface area contributed by atoms with Crippen molar-refractivity contribution in [3.8, 4) is 11.1 Å². The maximum atomic E-state index is 15.6. The second-order valence-corrected chi connectivity index (χ2v) is 11.8. The molecule has 7 rings (SSSR count). The predicted octanol–water partition coefficient (Wildman–Crippen LogP) is 4.74. The van der Waals surface area contributed by atoms with E-state index in [1.54, 1.807) is 12.4 Å². The molecule has 0 bridgehead atoms. The first-order valence-electron chi connectivity index (χ1n) is 14.8. The molecule has 2 saturated heterocycles. The van der Waals surface area contributed by atoms with E-state index < -0.39 is 0 Å². The predicted molar refractivity (Wildman–Crippen MR) is 155 cm³/mol. The molecule has 1 aliphatic carbocycles. The lowest BCUT2D eigenvalue weighted by molar-refractivity contribution is 0.00791. The van der Waals surface area contributed by atoms with Crippen LogP contribution in [0.3, 0.4) is 0 Å². The van der Waals surface area contributed by atoms with Crippen LogP contribution in [0.2, 0.25) is 0 Å². The smallest absolute Gasteiger partial charge is 0.151 e. The number of imidazole rings is 1. The molecule has 0 radical (unpaired) electrons. The van der Waals surface area contributed by atoms with Crippen LogP contribution in [0.25, 0.3) is 33.2 Å². The number of piperidine rings is 1. The number of ether oxygens (including phenoxy) is 1. The van der Waals surface area contributed by atoms with Crippen LogP contribution in [0.4, 0.5) is 10.2 Å². The Bertz CT molecular complexity index is 1490. The van der Waals surface area contributed by atoms with E-state index in [1.807, 2.05) is 13.1 Å². The lowest BCUT2D eigenvalue weighted by Gasteiger charge is -2.39. The number of anilines is 1. The molecule has 2 N–H and O–H groups in total. The Labute approximate surface area is 234 Å². The molecule has 0 amide bonds. The average Bonchev–Trinajstić information content (AvgIpc) is 3.56. The largest absolute Gasteiger partial charge is 0.379 e. The van der Waals surface area contributed by atoms with E-state index in [0.717, 1.165) is 104 Å². The Morgan fingerprint density at radius 1 is 0.975 bits per heavy atom. The van der Waals surface area contributed by atoms with E-state index in [9.17, 15) is 0 Å². The van der Waals surface area contributed by atoms with Crippen LogP contribution < -0.4 is 5.32 Å². The number of halogens is 1. The number of aryl methyl sites for hydroxylation is 1. The summed E-state index contributed by atoms with van der Waals surface area (Å²) < 4.78 is 23.4. The summed E-state index contributed by atoms with van der Waals surface area (Å²) >= 11 is 0. The minimum atomic E-state index is -0.288. The highest BCUT2D eigenvalue weighted by molar-refractivity contribution is 6.02. The highest BCUT2D eigenvalue weighted by atomic mass is 19.1. The van der Waals surface area contributed by atoms with Gasteiger partial charge in [0.15, 0.2) is 5.82 Å². The molecular weight excluding hydrogens is 507 g/mol. The molecule has 3 fully saturated rings. The van der Waals surface area contributed by atoms with Gasteiger partial charge in [-0.3, -0.25) is 4.90 Å². The summed E-state index contributed by atoms with van der Waals surface area (Å²) in [4.78, 5) is 22.1. The van der Waals surface area contributed by atoms with Gasteiger partial charge >= 0.3 is 0 Å². The highest BCUT2D eigenvalue weighted by Gasteiger charge is 2.28. The van der Waals surface area contributed by atoms with Gasteiger partial charge in [-0.2, -0.15) is 0 Å². The second kappa shape index (κ2) is 10.7. The van der Waals surface area contributed by atoms with E-state index in [2.05, 4.69) is 52.7 Å². The van der Waals surface area contributed by atoms with Gasteiger partial charge < -0.3 is 24.5 Å². The number of benzene rings is 1. The first kappa shape index (κ1) is 25.9. The Morgan fingerprint density at radius 2 is 1.75 bits per heavy atom. The molecule has 40 heavy (non-hydrogen) atoms. The summed E-state index contributed by atoms with van der Waals surface area (Å²) in [6, 6.07) is 5.03. The molecule has 1 aromatic carbocycles. The lowest BCUT2D eigenvalue weighted by Crippen LogP contribution is -2.46. The Balaban J connectivity index is 1.18. The number of morpholine rings is 1. The third-order valence-electron chi connectivity index (χ3n) is 9.36. The van der Waals surface area contributed by atoms with E-state index in [1.165, 1.54) is 12.8 Å². The topological polar surface area (TPSA) is 87.1 Å². The second-order valence-electron chi connectivity index (χ2n) is 11.8. The van der Waals surface area contributed by atoms with E-state index in [-0.39, 0.29) is 5.82 Å². The van der Waals surface area contributed by atoms with Gasteiger partial charge in [0.2, 0.25) is 0 Å². The maximum Gasteiger partial charge on any atom is 0.151 e. The van der Waals surface area contributed by atoms with E-state index >= 15 is 4.39 Å². The summed E-state index contributed by atoms with van der Waals surface area (Å²) in [6.07, 6.45) is 10.2. The number of hydrogen-bond acceptors (Lipinski definition) is 7. The summed E-state index contributed by atoms with van der Waals surface area (Å²) in [5.41, 5.74) is 3.81. The van der Waals surface area contributed by atoms with Crippen molar-refractivity contribution in [3.63, 3.8) is 0 Å². The van der Waals surface area contributed by atoms with Gasteiger partial charge in [0, 0.05) is 43.0 Å². The van der Waals surface area contributed by atoms with Gasteiger partial charge in [-0.25, -0.2) is 19.3 Å². The minimum absolute atomic E-state index is 0.288. The maximum absolute atomic E-state index is 15.6. The molecule has 3 aromatic heterocycles. The Hall–Kier alpha value is -3.08. The quantitative estimate of drug-likeness (QED) is 0.374. The van der Waals surface area contributed by atoms with Crippen molar-refractivity contribution in [3.05, 3.63) is 36.3 Å². The zero-order chi connectivity index (χ0) is 27.2. The number of hydrogen-bond donors (Lipinski definition) is 2. The molecule has 0 atom stereocenters. The monoisotopic (exact) mass is 546 g/mol. The van der Waals surface area contributed by atoms with Gasteiger partial charge in [0.05, 0.1) is 24.1 Å². The number of H-pyrrole nitrogens is 1. The molecule has 1 saturated carbocycles. The molecule has 0 spiro atoms. The average molecular weight is 547 g/mol. The van der Waals surface area contributed by atoms with Crippen LogP contribution in [0.5, 0.6) is 0 Å². The zero-order valence-electron chi connectivity index (χ0n) is 23.5. The molecule has 10 heteroatoms. The SMILES string of the molecule is Cc1nc2c(F)cc(-c3c[nH]c4ncnc(NC5CCC(N6CCOCC6)CC5)c34)cc2n1C1CCN(C)CC1. The molecule has 4 aromatic rings. The number of rotatable bonds is 5. The first-order chi connectivity index (χ1) is 19.5. The van der Waals surface area contributed by atoms with E-state index in [0.29, 0.717) is 23.6 Å². The Kier molecular flexibility index (Phi) is 6.93. The van der Waals surface area contributed by atoms with Gasteiger partial charge in [-0.1, -0.05) is 0 Å². The summed E-state index contributed by atoms with van der Waals surface area (Å²) in [6.45, 7) is 7.84. The molecule has 5 heterocycles. The van der Waals surface area contributed by atoms with Gasteiger partial charge in [0.25, 0.3) is 0 Å². The van der Waals surface area contributed by atoms with E-state index in [4.69, 9.17) is 4.74 Å². The first-order valence-corrected chi connectivity index (χ1v) is 14.8. The van der Waals surface area contributed by atoms with Gasteiger partial charge in [-0.15, -0.1) is 0 Å². The molecule has 2 aliphatic heterocycles. The van der Waals surface area contributed by atoms with Crippen molar-refractivity contribution in [2.75, 3.05) is 51.8 Å². The van der Waals surface area contributed by atoms with Crippen molar-refractivity contribution in [2.45, 2.75) is 63.6 Å². The molecule has 3 aliphatic rings. The van der Waals surface area contributed by atoms with Crippen LogP contribution in [-0.4, -0.2) is 92.8 Å². The number of aromatic nitrogens is 5. The summed E-state index contributed by atoms with van der Waals surface area (Å²) in [5, 5.41) is 4.65. The molecule has 212 valence electrons. The fraction of sp³-hybridized carbons (Fsp3) is 0.567. The van der Waals surface area contributed by atoms with Gasteiger partial charge in [0.1, 0.15) is 29.1 Å². The highest BCUT2D eigenvalue weighted by Crippen LogP contribution is 2.37. The van der Waals surface area contributed by atoms with Crippen LogP contribution in [-0.2, 0) is 4.74 Å². The van der Waals surface area contributed by atoms with Crippen molar-refractivity contribution < 1.29 is 9.13 Å². The third-order valence-corrected chi connectivity index (χ3v) is 9.36. The number of nitrogens with one attached hydrogen (secondary N) is 2. The molecule has 9 nitrogen and oxygen atoms in total. The Morgan fingerprint density at radius 3 is 2.52 bits per heavy atom. The molecule has 0 unspecified atom stereocenters. The van der Waals surface area contributed by atoms with Crippen molar-refractivity contribution in [1.82, 2.24) is 34.3 Å². The number of nitrogens with zero attached hydrogens (tertiary/aromatic N) is 6. The fourth-order valence-corrected chi connectivity index (χ4v) is 7.16. The van der Waals surface area contributed by atoms with Crippen LogP contribution in [0.1, 0.15) is 50.4 Å². The van der Waals surface area contributed by atoms with Crippen LogP contribution in [0, 0.1) is 12.7 Å². The van der Waals surface area contributed by atoms with Gasteiger partial charge in [-0.05, 0) is 83.3 Å². The van der Waals surface area contributed by atoms with Crippen molar-refractivity contribution >= 4 is 27.9 Å². The standard InChI is InChI=1S/C30H39FN8O/c1-19-35-28-25(31)15-20(16-26(28)39(19)23-7-9-37(2)10-8-23)24-17-32-29-27(24)30(34-18-33-29)36-21-3-5-22(6-4-21)38-11-13-40-14-12-38/h15-18,21-23H,3-14H2,1-2H3,(H2,32,33,34,36). The number of fused-ring (bicyclic) bond motifs is 2. The molecular formula is C30H39FN8O. The third kappa shape index (κ3) is 4.76.